The fraction of sp³-hybridized carbons (Fsp3) is 0.550. The Kier molecular flexibility index (Phi) is 6.50. The van der Waals surface area contributed by atoms with E-state index < -0.39 is 4.65 Å². The Bertz CT molecular complexity index is 839. The molecule has 2 aromatic heterocycles. The number of amides is 1. The van der Waals surface area contributed by atoms with Crippen LogP contribution in [0.1, 0.15) is 28.1 Å². The number of nitrogens with zero attached hydrogens (tertiary/aromatic N) is 5. The SMILES string of the molecule is Cc1cc2c(s1)SCC[N+]([O-])(CCCCN1CCN(c3ncccn3)CC1)C2=O. The van der Waals surface area contributed by atoms with E-state index >= 15 is 0 Å². The molecular formula is C20H27N5O2S2. The van der Waals surface area contributed by atoms with Crippen molar-refractivity contribution in [1.82, 2.24) is 14.9 Å². The van der Waals surface area contributed by atoms with Crippen LogP contribution in [0, 0.1) is 12.1 Å². The zero-order valence-electron chi connectivity index (χ0n) is 16.7. The molecule has 0 spiro atoms. The minimum atomic E-state index is -0.699. The number of quaternary nitrogens is 1. The summed E-state index contributed by atoms with van der Waals surface area (Å²) in [5.41, 5.74) is 0.643. The lowest BCUT2D eigenvalue weighted by Crippen LogP contribution is -2.49. The van der Waals surface area contributed by atoms with E-state index in [1.807, 2.05) is 19.1 Å². The number of aryl methyl sites for hydroxylation is 1. The minimum absolute atomic E-state index is 0.245. The van der Waals surface area contributed by atoms with Gasteiger partial charge in [0.15, 0.2) is 0 Å². The van der Waals surface area contributed by atoms with Crippen molar-refractivity contribution in [3.05, 3.63) is 40.2 Å². The molecule has 1 amide bonds. The third kappa shape index (κ3) is 4.80. The van der Waals surface area contributed by atoms with Crippen molar-refractivity contribution in [2.45, 2.75) is 24.0 Å². The van der Waals surface area contributed by atoms with Gasteiger partial charge in [-0.3, -0.25) is 9.55 Å². The maximum atomic E-state index is 13.2. The van der Waals surface area contributed by atoms with Crippen molar-refractivity contribution < 1.29 is 9.44 Å². The summed E-state index contributed by atoms with van der Waals surface area (Å²) in [6.07, 6.45) is 5.28. The molecule has 2 aliphatic rings. The van der Waals surface area contributed by atoms with E-state index in [9.17, 15) is 10.0 Å². The van der Waals surface area contributed by atoms with Crippen molar-refractivity contribution >= 4 is 35.0 Å². The third-order valence-corrected chi connectivity index (χ3v) is 7.88. The number of thioether (sulfide) groups is 1. The number of carbonyl (C=O) groups excluding carboxylic acids is 1. The van der Waals surface area contributed by atoms with Gasteiger partial charge in [-0.1, -0.05) is 0 Å². The Hall–Kier alpha value is -1.52. The third-order valence-electron chi connectivity index (χ3n) is 5.56. The number of hydrogen-bond acceptors (Lipinski definition) is 8. The molecule has 0 saturated carbocycles. The molecule has 0 radical (unpaired) electrons. The van der Waals surface area contributed by atoms with Crippen LogP contribution >= 0.6 is 23.1 Å². The van der Waals surface area contributed by atoms with Crippen LogP contribution in [0.25, 0.3) is 0 Å². The van der Waals surface area contributed by atoms with Gasteiger partial charge in [0.25, 0.3) is 0 Å². The van der Waals surface area contributed by atoms with Gasteiger partial charge in [0.2, 0.25) is 5.95 Å². The molecule has 2 aliphatic heterocycles. The molecule has 0 aromatic carbocycles. The number of unbranched alkanes of at least 4 members (excludes halogenated alkanes) is 1. The highest BCUT2D eigenvalue weighted by Crippen LogP contribution is 2.37. The van der Waals surface area contributed by atoms with Crippen molar-refractivity contribution in [1.29, 1.82) is 0 Å². The first-order chi connectivity index (χ1) is 14.0. The number of aromatic nitrogens is 2. The van der Waals surface area contributed by atoms with Crippen LogP contribution in [0.5, 0.6) is 0 Å². The van der Waals surface area contributed by atoms with Gasteiger partial charge in [-0.2, -0.15) is 0 Å². The Morgan fingerprint density at radius 3 is 2.69 bits per heavy atom. The molecular weight excluding hydrogens is 406 g/mol. The molecule has 2 aromatic rings. The molecule has 1 atom stereocenters. The first kappa shape index (κ1) is 20.7. The smallest absolute Gasteiger partial charge is 0.347 e. The number of carbonyl (C=O) groups is 1. The molecule has 0 bridgehead atoms. The molecule has 1 unspecified atom stereocenters. The second kappa shape index (κ2) is 9.09. The molecule has 7 nitrogen and oxygen atoms in total. The normalized spacial score (nSPS) is 23.1. The van der Waals surface area contributed by atoms with Crippen molar-refractivity contribution in [2.24, 2.45) is 0 Å². The lowest BCUT2D eigenvalue weighted by atomic mass is 10.2. The van der Waals surface area contributed by atoms with Crippen molar-refractivity contribution in [2.75, 3.05) is 56.5 Å². The summed E-state index contributed by atoms with van der Waals surface area (Å²) < 4.78 is 0.318. The van der Waals surface area contributed by atoms with Gasteiger partial charge in [-0.15, -0.1) is 23.1 Å². The van der Waals surface area contributed by atoms with Gasteiger partial charge < -0.3 is 10.1 Å². The molecule has 1 fully saturated rings. The summed E-state index contributed by atoms with van der Waals surface area (Å²) >= 11 is 3.28. The van der Waals surface area contributed by atoms with Gasteiger partial charge in [-0.05, 0) is 38.4 Å². The molecule has 0 N–H and O–H groups in total. The highest BCUT2D eigenvalue weighted by Gasteiger charge is 2.34. The number of anilines is 1. The first-order valence-electron chi connectivity index (χ1n) is 10.2. The summed E-state index contributed by atoms with van der Waals surface area (Å²) in [4.78, 5) is 27.2. The molecule has 4 heterocycles. The number of hydrogen-bond donors (Lipinski definition) is 0. The first-order valence-corrected chi connectivity index (χ1v) is 12.0. The van der Waals surface area contributed by atoms with E-state index in [1.165, 1.54) is 0 Å². The summed E-state index contributed by atoms with van der Waals surface area (Å²) in [6.45, 7) is 7.51. The van der Waals surface area contributed by atoms with Gasteiger partial charge in [0.05, 0.1) is 17.3 Å². The second-order valence-corrected chi connectivity index (χ2v) is 10.3. The summed E-state index contributed by atoms with van der Waals surface area (Å²) in [6, 6.07) is 3.72. The highest BCUT2D eigenvalue weighted by atomic mass is 32.2. The van der Waals surface area contributed by atoms with Crippen LogP contribution in [0.3, 0.4) is 0 Å². The molecule has 29 heavy (non-hydrogen) atoms. The van der Waals surface area contributed by atoms with Crippen molar-refractivity contribution in [3.63, 3.8) is 0 Å². The van der Waals surface area contributed by atoms with Crippen molar-refractivity contribution in [3.8, 4) is 0 Å². The zero-order chi connectivity index (χ0) is 20.3. The van der Waals surface area contributed by atoms with E-state index in [2.05, 4.69) is 19.8 Å². The largest absolute Gasteiger partial charge is 0.625 e. The van der Waals surface area contributed by atoms with E-state index in [0.29, 0.717) is 24.4 Å². The minimum Gasteiger partial charge on any atom is -0.625 e. The maximum absolute atomic E-state index is 13.2. The molecule has 156 valence electrons. The summed E-state index contributed by atoms with van der Waals surface area (Å²) in [5.74, 6) is 1.27. The van der Waals surface area contributed by atoms with Gasteiger partial charge in [-0.25, -0.2) is 14.8 Å². The van der Waals surface area contributed by atoms with Crippen LogP contribution in [0.4, 0.5) is 5.95 Å². The lowest BCUT2D eigenvalue weighted by Gasteiger charge is -2.39. The van der Waals surface area contributed by atoms with E-state index in [0.717, 1.165) is 60.6 Å². The van der Waals surface area contributed by atoms with E-state index in [-0.39, 0.29) is 5.91 Å². The monoisotopic (exact) mass is 433 g/mol. The average Bonchev–Trinajstić information content (AvgIpc) is 3.07. The quantitative estimate of drug-likeness (QED) is 0.394. The maximum Gasteiger partial charge on any atom is 0.347 e. The zero-order valence-corrected chi connectivity index (χ0v) is 18.4. The second-order valence-electron chi connectivity index (χ2n) is 7.63. The number of piperazine rings is 1. The fourth-order valence-electron chi connectivity index (χ4n) is 3.90. The van der Waals surface area contributed by atoms with Crippen LogP contribution < -0.4 is 4.90 Å². The van der Waals surface area contributed by atoms with E-state index in [4.69, 9.17) is 0 Å². The molecule has 4 rings (SSSR count). The molecule has 0 aliphatic carbocycles. The lowest BCUT2D eigenvalue weighted by molar-refractivity contribution is -0.795. The number of rotatable bonds is 6. The Morgan fingerprint density at radius 1 is 1.17 bits per heavy atom. The number of thiophene rings is 1. The highest BCUT2D eigenvalue weighted by molar-refractivity contribution is 8.01. The predicted molar refractivity (Wildman–Crippen MR) is 117 cm³/mol. The standard InChI is InChI=1S/C20H27N5O2S2/c1-16-15-17-18(26)25(27,13-14-28-19(17)29-16)12-3-2-7-23-8-10-24(11-9-23)20-21-5-4-6-22-20/h4-6,15H,2-3,7-14H2,1H3. The summed E-state index contributed by atoms with van der Waals surface area (Å²) in [7, 11) is 0. The van der Waals surface area contributed by atoms with Gasteiger partial charge in [0, 0.05) is 49.2 Å². The fourth-order valence-corrected chi connectivity index (χ4v) is 6.38. The number of fused-ring (bicyclic) bond motifs is 1. The molecule has 9 heteroatoms. The van der Waals surface area contributed by atoms with Crippen LogP contribution in [0.15, 0.2) is 28.7 Å². The van der Waals surface area contributed by atoms with E-state index in [1.54, 1.807) is 35.5 Å². The number of hydroxylamine groups is 3. The van der Waals surface area contributed by atoms with Crippen LogP contribution in [-0.2, 0) is 0 Å². The van der Waals surface area contributed by atoms with Crippen LogP contribution in [0.2, 0.25) is 0 Å². The topological polar surface area (TPSA) is 72.4 Å². The summed E-state index contributed by atoms with van der Waals surface area (Å²) in [5, 5.41) is 13.2. The van der Waals surface area contributed by atoms with Gasteiger partial charge in [0.1, 0.15) is 5.56 Å². The Labute approximate surface area is 179 Å². The molecule has 1 saturated heterocycles. The average molecular weight is 434 g/mol. The Balaban J connectivity index is 1.23. The predicted octanol–water partition coefficient (Wildman–Crippen LogP) is 3.01. The Morgan fingerprint density at radius 2 is 1.93 bits per heavy atom. The van der Waals surface area contributed by atoms with Crippen LogP contribution in [-0.4, -0.2) is 77.0 Å². The van der Waals surface area contributed by atoms with Gasteiger partial charge >= 0.3 is 5.91 Å².